The molecule has 38 heavy (non-hydrogen) atoms. The second kappa shape index (κ2) is 11.2. The van der Waals surface area contributed by atoms with Gasteiger partial charge in [-0.25, -0.2) is 9.69 Å². The molecule has 0 bridgehead atoms. The Bertz CT molecular complexity index is 1430. The topological polar surface area (TPSA) is 140 Å². The molecule has 4 amide bonds. The molecule has 0 spiro atoms. The Labute approximate surface area is 217 Å². The second-order valence-corrected chi connectivity index (χ2v) is 8.42. The van der Waals surface area contributed by atoms with Crippen LogP contribution in [0.1, 0.15) is 16.7 Å². The number of nitro groups is 1. The lowest BCUT2D eigenvalue weighted by atomic mass is 10.1. The number of imide groups is 1. The molecule has 11 heteroatoms. The molecule has 4 rings (SSSR count). The molecule has 0 aromatic heterocycles. The van der Waals surface area contributed by atoms with Gasteiger partial charge in [-0.3, -0.25) is 19.7 Å². The van der Waals surface area contributed by atoms with Crippen LogP contribution in [0.15, 0.2) is 72.4 Å². The van der Waals surface area contributed by atoms with Crippen LogP contribution in [0.25, 0.3) is 6.08 Å². The van der Waals surface area contributed by atoms with E-state index in [1.54, 1.807) is 48.5 Å². The van der Waals surface area contributed by atoms with Crippen LogP contribution < -0.4 is 20.1 Å². The normalized spacial score (nSPS) is 13.8. The predicted molar refractivity (Wildman–Crippen MR) is 138 cm³/mol. The molecular weight excluding hydrogens is 492 g/mol. The Hall–Kier alpha value is -5.19. The van der Waals surface area contributed by atoms with Crippen molar-refractivity contribution in [2.24, 2.45) is 0 Å². The van der Waals surface area contributed by atoms with Crippen LogP contribution in [0.2, 0.25) is 0 Å². The van der Waals surface area contributed by atoms with Gasteiger partial charge in [0.15, 0.2) is 11.5 Å². The first-order chi connectivity index (χ1) is 18.2. The molecule has 3 aromatic rings. The van der Waals surface area contributed by atoms with Gasteiger partial charge in [0, 0.05) is 17.8 Å². The van der Waals surface area contributed by atoms with Gasteiger partial charge < -0.3 is 20.1 Å². The van der Waals surface area contributed by atoms with Crippen LogP contribution in [0.4, 0.5) is 16.2 Å². The summed E-state index contributed by atoms with van der Waals surface area (Å²) in [6, 6.07) is 17.4. The van der Waals surface area contributed by atoms with E-state index in [1.165, 1.54) is 25.3 Å². The SMILES string of the molecule is COc1cc(/C=C2/NC(=O)N(CC(=O)Nc3cccc(C)c3)C2=O)ccc1OCc1ccc([N+](=O)[O-])cc1. The van der Waals surface area contributed by atoms with Crippen molar-refractivity contribution < 1.29 is 28.8 Å². The molecule has 11 nitrogen and oxygen atoms in total. The number of nitrogens with zero attached hydrogens (tertiary/aromatic N) is 2. The van der Waals surface area contributed by atoms with Crippen molar-refractivity contribution in [2.45, 2.75) is 13.5 Å². The van der Waals surface area contributed by atoms with Gasteiger partial charge in [-0.15, -0.1) is 0 Å². The Kier molecular flexibility index (Phi) is 7.66. The maximum Gasteiger partial charge on any atom is 0.329 e. The minimum absolute atomic E-state index is 0.0113. The van der Waals surface area contributed by atoms with Gasteiger partial charge in [-0.1, -0.05) is 18.2 Å². The summed E-state index contributed by atoms with van der Waals surface area (Å²) in [6.45, 7) is 1.61. The van der Waals surface area contributed by atoms with Gasteiger partial charge in [0.1, 0.15) is 18.8 Å². The number of aryl methyl sites for hydroxylation is 1. The zero-order valence-electron chi connectivity index (χ0n) is 20.6. The van der Waals surface area contributed by atoms with Crippen molar-refractivity contribution in [3.05, 3.63) is 99.2 Å². The molecule has 0 radical (unpaired) electrons. The van der Waals surface area contributed by atoms with Crippen LogP contribution >= 0.6 is 0 Å². The lowest BCUT2D eigenvalue weighted by Gasteiger charge is -2.12. The molecule has 1 fully saturated rings. The van der Waals surface area contributed by atoms with E-state index in [0.717, 1.165) is 16.0 Å². The van der Waals surface area contributed by atoms with Crippen molar-refractivity contribution in [3.63, 3.8) is 0 Å². The number of hydrogen-bond acceptors (Lipinski definition) is 7. The van der Waals surface area contributed by atoms with E-state index < -0.39 is 29.3 Å². The Morgan fingerprint density at radius 3 is 2.53 bits per heavy atom. The van der Waals surface area contributed by atoms with Gasteiger partial charge in [0.05, 0.1) is 12.0 Å². The highest BCUT2D eigenvalue weighted by Gasteiger charge is 2.35. The highest BCUT2D eigenvalue weighted by atomic mass is 16.6. The standard InChI is InChI=1S/C27H24N4O7/c1-17-4-3-5-20(12-17)28-25(32)15-30-26(33)22(29-27(30)34)13-19-8-11-23(24(14-19)37-2)38-16-18-6-9-21(10-7-18)31(35)36/h3-14H,15-16H2,1-2H3,(H,28,32)(H,29,34)/b22-13+. The van der Waals surface area contributed by atoms with Crippen molar-refractivity contribution in [3.8, 4) is 11.5 Å². The van der Waals surface area contributed by atoms with Gasteiger partial charge in [-0.05, 0) is 66.1 Å². The molecule has 0 atom stereocenters. The number of nitrogens with one attached hydrogen (secondary N) is 2. The summed E-state index contributed by atoms with van der Waals surface area (Å²) in [5.41, 5.74) is 2.82. The molecule has 1 heterocycles. The van der Waals surface area contributed by atoms with Crippen molar-refractivity contribution in [1.29, 1.82) is 0 Å². The van der Waals surface area contributed by atoms with Crippen molar-refractivity contribution in [1.82, 2.24) is 10.2 Å². The molecule has 3 aromatic carbocycles. The van der Waals surface area contributed by atoms with Crippen LogP contribution in [-0.4, -0.2) is 41.3 Å². The number of carbonyl (C=O) groups is 3. The summed E-state index contributed by atoms with van der Waals surface area (Å²) in [5, 5.41) is 16.0. The minimum Gasteiger partial charge on any atom is -0.493 e. The fourth-order valence-electron chi connectivity index (χ4n) is 3.72. The number of benzene rings is 3. The number of urea groups is 1. The maximum atomic E-state index is 12.8. The predicted octanol–water partition coefficient (Wildman–Crippen LogP) is 4.02. The average molecular weight is 517 g/mol. The third-order valence-electron chi connectivity index (χ3n) is 5.61. The minimum atomic E-state index is -0.698. The Morgan fingerprint density at radius 2 is 1.84 bits per heavy atom. The molecule has 1 aliphatic rings. The number of non-ortho nitro benzene ring substituents is 1. The zero-order valence-corrected chi connectivity index (χ0v) is 20.6. The first kappa shape index (κ1) is 25.9. The van der Waals surface area contributed by atoms with Gasteiger partial charge in [0.25, 0.3) is 11.6 Å². The molecule has 2 N–H and O–H groups in total. The fourth-order valence-corrected chi connectivity index (χ4v) is 3.72. The maximum absolute atomic E-state index is 12.8. The largest absolute Gasteiger partial charge is 0.493 e. The lowest BCUT2D eigenvalue weighted by Crippen LogP contribution is -2.38. The number of amides is 4. The zero-order chi connectivity index (χ0) is 27.2. The Balaban J connectivity index is 1.41. The summed E-state index contributed by atoms with van der Waals surface area (Å²) in [5.74, 6) is -0.333. The van der Waals surface area contributed by atoms with Crippen LogP contribution in [-0.2, 0) is 16.2 Å². The summed E-state index contributed by atoms with van der Waals surface area (Å²) >= 11 is 0. The van der Waals surface area contributed by atoms with Gasteiger partial charge in [-0.2, -0.15) is 0 Å². The van der Waals surface area contributed by atoms with Crippen LogP contribution in [0, 0.1) is 17.0 Å². The van der Waals surface area contributed by atoms with E-state index in [9.17, 15) is 24.5 Å². The second-order valence-electron chi connectivity index (χ2n) is 8.42. The summed E-state index contributed by atoms with van der Waals surface area (Å²) in [7, 11) is 1.46. The first-order valence-electron chi connectivity index (χ1n) is 11.5. The van der Waals surface area contributed by atoms with E-state index >= 15 is 0 Å². The van der Waals surface area contributed by atoms with E-state index in [2.05, 4.69) is 10.6 Å². The highest BCUT2D eigenvalue weighted by Crippen LogP contribution is 2.30. The van der Waals surface area contributed by atoms with Crippen molar-refractivity contribution in [2.75, 3.05) is 19.0 Å². The summed E-state index contributed by atoms with van der Waals surface area (Å²) < 4.78 is 11.2. The molecule has 0 aliphatic carbocycles. The molecule has 1 aliphatic heterocycles. The number of anilines is 1. The number of nitro benzene ring substituents is 1. The number of carbonyl (C=O) groups excluding carboxylic acids is 3. The monoisotopic (exact) mass is 516 g/mol. The number of hydrogen-bond donors (Lipinski definition) is 2. The van der Waals surface area contributed by atoms with Gasteiger partial charge in [0.2, 0.25) is 5.91 Å². The third-order valence-corrected chi connectivity index (χ3v) is 5.61. The molecule has 0 saturated carbocycles. The average Bonchev–Trinajstić information content (AvgIpc) is 3.15. The summed E-state index contributed by atoms with van der Waals surface area (Å²) in [6.07, 6.45) is 1.47. The van der Waals surface area contributed by atoms with E-state index in [1.807, 2.05) is 13.0 Å². The molecule has 1 saturated heterocycles. The van der Waals surface area contributed by atoms with Crippen LogP contribution in [0.3, 0.4) is 0 Å². The first-order valence-corrected chi connectivity index (χ1v) is 11.5. The summed E-state index contributed by atoms with van der Waals surface area (Å²) in [4.78, 5) is 48.7. The highest BCUT2D eigenvalue weighted by molar-refractivity contribution is 6.16. The quantitative estimate of drug-likeness (QED) is 0.189. The Morgan fingerprint density at radius 1 is 1.08 bits per heavy atom. The number of rotatable bonds is 9. The van der Waals surface area contributed by atoms with E-state index in [-0.39, 0.29) is 18.0 Å². The molecule has 194 valence electrons. The number of methoxy groups -OCH3 is 1. The third kappa shape index (κ3) is 6.13. The van der Waals surface area contributed by atoms with Gasteiger partial charge >= 0.3 is 6.03 Å². The van der Waals surface area contributed by atoms with E-state index in [0.29, 0.717) is 22.7 Å². The lowest BCUT2D eigenvalue weighted by molar-refractivity contribution is -0.384. The smallest absolute Gasteiger partial charge is 0.329 e. The fraction of sp³-hybridized carbons (Fsp3) is 0.148. The van der Waals surface area contributed by atoms with E-state index in [4.69, 9.17) is 9.47 Å². The number of ether oxygens (including phenoxy) is 2. The molecule has 0 unspecified atom stereocenters. The van der Waals surface area contributed by atoms with Crippen molar-refractivity contribution >= 4 is 35.3 Å². The molecular formula is C27H24N4O7. The van der Waals surface area contributed by atoms with Crippen LogP contribution in [0.5, 0.6) is 11.5 Å².